The molecule has 0 aromatic carbocycles. The topological polar surface area (TPSA) is 87.5 Å². The van der Waals surface area contributed by atoms with Crippen molar-refractivity contribution in [2.75, 3.05) is 6.61 Å². The zero-order valence-corrected chi connectivity index (χ0v) is 6.03. The maximum Gasteiger partial charge on any atom is 0.341 e. The Morgan fingerprint density at radius 3 is 2.55 bits per heavy atom. The average molecular weight is 159 g/mol. The van der Waals surface area contributed by atoms with Gasteiger partial charge in [-0.2, -0.15) is 0 Å². The van der Waals surface area contributed by atoms with Crippen LogP contribution in [0.25, 0.3) is 0 Å². The number of ketones is 1. The monoisotopic (exact) mass is 159 g/mol. The third-order valence-corrected chi connectivity index (χ3v) is 0.958. The number of nitrogens with one attached hydrogen (secondary N) is 1. The molecule has 0 saturated carbocycles. The maximum atomic E-state index is 10.6. The number of aliphatic carboxylic acids is 1. The number of carbonyl (C=O) groups excluding carboxylic acids is 1. The first-order chi connectivity index (χ1) is 5.13. The van der Waals surface area contributed by atoms with Crippen LogP contribution in [0.4, 0.5) is 0 Å². The van der Waals surface area contributed by atoms with E-state index in [1.54, 1.807) is 6.92 Å². The minimum Gasteiger partial charge on any atom is -0.479 e. The van der Waals surface area contributed by atoms with E-state index in [1.807, 2.05) is 0 Å². The van der Waals surface area contributed by atoms with Gasteiger partial charge in [-0.1, -0.05) is 0 Å². The lowest BCUT2D eigenvalue weighted by atomic mass is 10.2. The van der Waals surface area contributed by atoms with E-state index in [0.717, 1.165) is 0 Å². The third-order valence-electron chi connectivity index (χ3n) is 0.958. The summed E-state index contributed by atoms with van der Waals surface area (Å²) in [7, 11) is 0. The Kier molecular flexibility index (Phi) is 4.05. The van der Waals surface area contributed by atoms with Crippen LogP contribution in [0.5, 0.6) is 0 Å². The first-order valence-corrected chi connectivity index (χ1v) is 3.02. The van der Waals surface area contributed by atoms with Crippen LogP contribution < -0.4 is 0 Å². The highest BCUT2D eigenvalue weighted by atomic mass is 16.5. The van der Waals surface area contributed by atoms with Crippen molar-refractivity contribution in [2.45, 2.75) is 13.0 Å². The summed E-state index contributed by atoms with van der Waals surface area (Å²) in [5, 5.41) is 14.8. The number of carboxylic acids is 1. The van der Waals surface area contributed by atoms with Crippen molar-refractivity contribution in [3.05, 3.63) is 0 Å². The molecule has 0 amide bonds. The second kappa shape index (κ2) is 4.56. The largest absolute Gasteiger partial charge is 0.479 e. The third kappa shape index (κ3) is 2.90. The summed E-state index contributed by atoms with van der Waals surface area (Å²) in [6.45, 7) is 1.71. The van der Waals surface area contributed by atoms with Gasteiger partial charge in [-0.25, -0.2) is 4.79 Å². The fourth-order valence-electron chi connectivity index (χ4n) is 0.517. The Bertz CT molecular complexity index is 177. The molecular formula is C6H9NO4. The van der Waals surface area contributed by atoms with E-state index in [-0.39, 0.29) is 6.61 Å². The second-order valence-electron chi connectivity index (χ2n) is 1.72. The molecular weight excluding hydrogens is 150 g/mol. The number of rotatable bonds is 5. The zero-order valence-electron chi connectivity index (χ0n) is 6.03. The van der Waals surface area contributed by atoms with E-state index < -0.39 is 17.9 Å². The van der Waals surface area contributed by atoms with E-state index in [1.165, 1.54) is 0 Å². The maximum absolute atomic E-state index is 10.6. The number of ether oxygens (including phenoxy) is 1. The fraction of sp³-hybridized carbons (Fsp3) is 0.500. The first kappa shape index (κ1) is 9.77. The smallest absolute Gasteiger partial charge is 0.341 e. The molecule has 0 aliphatic heterocycles. The van der Waals surface area contributed by atoms with Crippen molar-refractivity contribution in [2.24, 2.45) is 0 Å². The predicted octanol–water partition coefficient (Wildman–Crippen LogP) is -0.305. The van der Waals surface area contributed by atoms with Crippen molar-refractivity contribution >= 4 is 18.0 Å². The molecule has 0 heterocycles. The van der Waals surface area contributed by atoms with Gasteiger partial charge in [-0.15, -0.1) is 0 Å². The van der Waals surface area contributed by atoms with Gasteiger partial charge in [-0.3, -0.25) is 4.79 Å². The quantitative estimate of drug-likeness (QED) is 0.425. The van der Waals surface area contributed by atoms with Crippen LogP contribution in [0.15, 0.2) is 0 Å². The summed E-state index contributed by atoms with van der Waals surface area (Å²) >= 11 is 0. The van der Waals surface area contributed by atoms with Crippen molar-refractivity contribution in [3.8, 4) is 0 Å². The SMILES string of the molecule is CCOC(C(=O)O)C(=O)C=N. The highest BCUT2D eigenvalue weighted by Gasteiger charge is 2.24. The van der Waals surface area contributed by atoms with Gasteiger partial charge >= 0.3 is 5.97 Å². The number of carboxylic acid groups (broad SMARTS) is 1. The molecule has 2 N–H and O–H groups in total. The molecule has 62 valence electrons. The number of Topliss-reactive ketones (excluding diaryl/α,β-unsaturated/α-hetero) is 1. The lowest BCUT2D eigenvalue weighted by molar-refractivity contribution is -0.153. The van der Waals surface area contributed by atoms with Crippen LogP contribution in [0.3, 0.4) is 0 Å². The minimum atomic E-state index is -1.52. The molecule has 0 saturated heterocycles. The molecule has 0 aromatic heterocycles. The Labute approximate surface area is 63.5 Å². The average Bonchev–Trinajstić information content (AvgIpc) is 1.98. The fourth-order valence-corrected chi connectivity index (χ4v) is 0.517. The van der Waals surface area contributed by atoms with Crippen molar-refractivity contribution in [1.82, 2.24) is 0 Å². The van der Waals surface area contributed by atoms with Gasteiger partial charge in [0.2, 0.25) is 11.9 Å². The van der Waals surface area contributed by atoms with E-state index in [2.05, 4.69) is 4.74 Å². The molecule has 0 aliphatic rings. The normalized spacial score (nSPS) is 12.1. The van der Waals surface area contributed by atoms with E-state index in [0.29, 0.717) is 6.21 Å². The van der Waals surface area contributed by atoms with E-state index in [4.69, 9.17) is 10.5 Å². The van der Waals surface area contributed by atoms with Crippen LogP contribution in [0, 0.1) is 5.41 Å². The summed E-state index contributed by atoms with van der Waals surface area (Å²) in [6.07, 6.45) is -1.08. The summed E-state index contributed by atoms with van der Waals surface area (Å²) < 4.78 is 4.56. The van der Waals surface area contributed by atoms with Gasteiger partial charge in [0.25, 0.3) is 0 Å². The molecule has 11 heavy (non-hydrogen) atoms. The summed E-state index contributed by atoms with van der Waals surface area (Å²) in [6, 6.07) is 0. The minimum absolute atomic E-state index is 0.135. The standard InChI is InChI=1S/C6H9NO4/c1-2-11-5(6(9)10)4(8)3-7/h3,5,7H,2H2,1H3,(H,9,10). The lowest BCUT2D eigenvalue weighted by Gasteiger charge is -2.06. The Balaban J connectivity index is 4.20. The second-order valence-corrected chi connectivity index (χ2v) is 1.72. The summed E-state index contributed by atoms with van der Waals surface area (Å²) in [4.78, 5) is 20.8. The molecule has 0 rings (SSSR count). The van der Waals surface area contributed by atoms with Gasteiger partial charge in [0.05, 0.1) is 6.21 Å². The first-order valence-electron chi connectivity index (χ1n) is 3.02. The summed E-state index contributed by atoms with van der Waals surface area (Å²) in [5.74, 6) is -2.21. The van der Waals surface area contributed by atoms with Crippen LogP contribution in [0.1, 0.15) is 6.92 Å². The van der Waals surface area contributed by atoms with Crippen LogP contribution >= 0.6 is 0 Å². The highest BCUT2D eigenvalue weighted by molar-refractivity contribution is 6.33. The van der Waals surface area contributed by atoms with Gasteiger partial charge in [0, 0.05) is 6.61 Å². The Morgan fingerprint density at radius 1 is 1.73 bits per heavy atom. The van der Waals surface area contributed by atoms with Crippen LogP contribution in [0.2, 0.25) is 0 Å². The molecule has 1 atom stereocenters. The highest BCUT2D eigenvalue weighted by Crippen LogP contribution is 1.92. The summed E-state index contributed by atoms with van der Waals surface area (Å²) in [5.41, 5.74) is 0. The van der Waals surface area contributed by atoms with Gasteiger partial charge in [-0.05, 0) is 6.92 Å². The van der Waals surface area contributed by atoms with E-state index in [9.17, 15) is 9.59 Å². The Morgan fingerprint density at radius 2 is 2.27 bits per heavy atom. The molecule has 0 radical (unpaired) electrons. The van der Waals surface area contributed by atoms with Crippen molar-refractivity contribution in [1.29, 1.82) is 5.41 Å². The molecule has 5 nitrogen and oxygen atoms in total. The lowest BCUT2D eigenvalue weighted by Crippen LogP contribution is -2.33. The molecule has 0 aromatic rings. The Hall–Kier alpha value is -1.23. The van der Waals surface area contributed by atoms with Crippen molar-refractivity contribution < 1.29 is 19.4 Å². The number of hydrogen-bond donors (Lipinski definition) is 2. The van der Waals surface area contributed by atoms with Gasteiger partial charge < -0.3 is 15.3 Å². The van der Waals surface area contributed by atoms with Gasteiger partial charge in [0.1, 0.15) is 0 Å². The van der Waals surface area contributed by atoms with Crippen LogP contribution in [-0.4, -0.2) is 35.8 Å². The molecule has 5 heteroatoms. The molecule has 0 fully saturated rings. The molecule has 0 spiro atoms. The number of carbonyl (C=O) groups is 2. The van der Waals surface area contributed by atoms with Gasteiger partial charge in [0.15, 0.2) is 0 Å². The van der Waals surface area contributed by atoms with Crippen molar-refractivity contribution in [3.63, 3.8) is 0 Å². The molecule has 0 bridgehead atoms. The predicted molar refractivity (Wildman–Crippen MR) is 36.8 cm³/mol. The molecule has 1 unspecified atom stereocenters. The van der Waals surface area contributed by atoms with Crippen LogP contribution in [-0.2, 0) is 14.3 Å². The zero-order chi connectivity index (χ0) is 8.85. The van der Waals surface area contributed by atoms with E-state index >= 15 is 0 Å². The molecule has 0 aliphatic carbocycles. The number of hydrogen-bond acceptors (Lipinski definition) is 4.